The molecule has 0 aliphatic carbocycles. The van der Waals surface area contributed by atoms with Crippen molar-refractivity contribution in [3.8, 4) is 11.6 Å². The highest BCUT2D eigenvalue weighted by Crippen LogP contribution is 2.39. The van der Waals surface area contributed by atoms with Crippen LogP contribution in [0.1, 0.15) is 32.7 Å². The molecule has 2 N–H and O–H groups in total. The zero-order chi connectivity index (χ0) is 17.3. The van der Waals surface area contributed by atoms with E-state index in [1.807, 2.05) is 12.3 Å². The van der Waals surface area contributed by atoms with Gasteiger partial charge in [-0.05, 0) is 31.0 Å². The molecule has 2 heterocycles. The normalized spacial score (nSPS) is 11.4. The molecule has 0 spiro atoms. The number of aromatic nitrogens is 3. The molecule has 7 heteroatoms. The van der Waals surface area contributed by atoms with Crippen LogP contribution in [0.2, 0.25) is 10.0 Å². The van der Waals surface area contributed by atoms with E-state index < -0.39 is 0 Å². The number of nitrogens with zero attached hydrogens (tertiary/aromatic N) is 3. The number of hydrogen-bond acceptors (Lipinski definition) is 4. The number of nitrogen functional groups attached to an aromatic ring is 1. The van der Waals surface area contributed by atoms with Gasteiger partial charge in [-0.3, -0.25) is 0 Å². The summed E-state index contributed by atoms with van der Waals surface area (Å²) in [4.78, 5) is 8.64. The molecule has 3 aromatic rings. The van der Waals surface area contributed by atoms with Crippen LogP contribution >= 0.6 is 23.2 Å². The van der Waals surface area contributed by atoms with Crippen LogP contribution in [-0.4, -0.2) is 14.5 Å². The first-order valence-electron chi connectivity index (χ1n) is 7.79. The topological polar surface area (TPSA) is 66.0 Å². The molecule has 0 saturated carbocycles. The molecular formula is C17H18Cl2N4O. The van der Waals surface area contributed by atoms with Gasteiger partial charge in [-0.1, -0.05) is 37.0 Å². The van der Waals surface area contributed by atoms with Crippen LogP contribution in [0.5, 0.6) is 11.6 Å². The van der Waals surface area contributed by atoms with E-state index in [1.165, 1.54) is 6.33 Å². The van der Waals surface area contributed by atoms with E-state index in [1.54, 1.807) is 12.1 Å². The monoisotopic (exact) mass is 364 g/mol. The Bertz CT molecular complexity index is 851. The van der Waals surface area contributed by atoms with Crippen LogP contribution in [0.3, 0.4) is 0 Å². The van der Waals surface area contributed by atoms with Gasteiger partial charge in [0.05, 0.1) is 15.4 Å². The van der Waals surface area contributed by atoms with Crippen LogP contribution in [0.15, 0.2) is 30.7 Å². The molecule has 0 saturated heterocycles. The number of hydrogen-bond donors (Lipinski definition) is 1. The van der Waals surface area contributed by atoms with Crippen LogP contribution < -0.4 is 10.5 Å². The van der Waals surface area contributed by atoms with Gasteiger partial charge in [0.2, 0.25) is 5.88 Å². The van der Waals surface area contributed by atoms with Gasteiger partial charge in [-0.15, -0.1) is 0 Å². The predicted molar refractivity (Wildman–Crippen MR) is 98.1 cm³/mol. The summed E-state index contributed by atoms with van der Waals surface area (Å²) in [5.41, 5.74) is 7.03. The lowest BCUT2D eigenvalue weighted by Gasteiger charge is -2.15. The van der Waals surface area contributed by atoms with Gasteiger partial charge in [0, 0.05) is 17.9 Å². The van der Waals surface area contributed by atoms with Gasteiger partial charge in [-0.2, -0.15) is 0 Å². The van der Waals surface area contributed by atoms with Crippen molar-refractivity contribution >= 4 is 39.9 Å². The Balaban J connectivity index is 2.06. The Morgan fingerprint density at radius 3 is 2.46 bits per heavy atom. The molecule has 24 heavy (non-hydrogen) atoms. The van der Waals surface area contributed by atoms with E-state index in [-0.39, 0.29) is 0 Å². The number of anilines is 1. The molecule has 0 aliphatic heterocycles. The second-order valence-electron chi connectivity index (χ2n) is 5.53. The van der Waals surface area contributed by atoms with E-state index in [4.69, 9.17) is 33.7 Å². The Morgan fingerprint density at radius 2 is 1.83 bits per heavy atom. The Morgan fingerprint density at radius 1 is 1.17 bits per heavy atom. The maximum atomic E-state index is 6.20. The summed E-state index contributed by atoms with van der Waals surface area (Å²) < 4.78 is 8.03. The van der Waals surface area contributed by atoms with E-state index >= 15 is 0 Å². The molecule has 5 nitrogen and oxygen atoms in total. The second-order valence-corrected chi connectivity index (χ2v) is 6.34. The molecule has 3 rings (SSSR count). The highest BCUT2D eigenvalue weighted by Gasteiger charge is 2.17. The van der Waals surface area contributed by atoms with Crippen molar-refractivity contribution in [2.75, 3.05) is 5.73 Å². The predicted octanol–water partition coefficient (Wildman–Crippen LogP) is 5.47. The highest BCUT2D eigenvalue weighted by molar-refractivity contribution is 6.37. The van der Waals surface area contributed by atoms with Crippen molar-refractivity contribution in [3.05, 3.63) is 40.8 Å². The molecule has 2 aromatic heterocycles. The van der Waals surface area contributed by atoms with Gasteiger partial charge in [0.15, 0.2) is 5.75 Å². The second kappa shape index (κ2) is 6.87. The molecule has 0 aliphatic rings. The third-order valence-electron chi connectivity index (χ3n) is 4.03. The average molecular weight is 365 g/mol. The van der Waals surface area contributed by atoms with Gasteiger partial charge in [0.1, 0.15) is 12.0 Å². The van der Waals surface area contributed by atoms with E-state index in [2.05, 4.69) is 28.4 Å². The van der Waals surface area contributed by atoms with E-state index in [0.29, 0.717) is 33.4 Å². The largest absolute Gasteiger partial charge is 0.435 e. The van der Waals surface area contributed by atoms with Crippen molar-refractivity contribution < 1.29 is 4.74 Å². The number of benzene rings is 1. The summed E-state index contributed by atoms with van der Waals surface area (Å²) in [5.74, 6) is 0.751. The van der Waals surface area contributed by atoms with Crippen molar-refractivity contribution in [2.24, 2.45) is 0 Å². The van der Waals surface area contributed by atoms with E-state index in [0.717, 1.165) is 23.9 Å². The first-order valence-corrected chi connectivity index (χ1v) is 8.54. The van der Waals surface area contributed by atoms with Crippen molar-refractivity contribution in [3.63, 3.8) is 0 Å². The van der Waals surface area contributed by atoms with Crippen LogP contribution in [0, 0.1) is 0 Å². The van der Waals surface area contributed by atoms with Gasteiger partial charge in [0.25, 0.3) is 0 Å². The summed E-state index contributed by atoms with van der Waals surface area (Å²) in [5, 5.41) is 1.49. The fraction of sp³-hybridized carbons (Fsp3) is 0.294. The third kappa shape index (κ3) is 3.01. The lowest BCUT2D eigenvalue weighted by atomic mass is 10.2. The third-order valence-corrected chi connectivity index (χ3v) is 4.59. The minimum Gasteiger partial charge on any atom is -0.435 e. The van der Waals surface area contributed by atoms with E-state index in [9.17, 15) is 0 Å². The molecule has 0 amide bonds. The molecule has 1 aromatic carbocycles. The first kappa shape index (κ1) is 16.9. The minimum atomic E-state index is 0.336. The smallest absolute Gasteiger partial charge is 0.231 e. The number of ether oxygens (including phenoxy) is 1. The number of rotatable bonds is 5. The average Bonchev–Trinajstić information content (AvgIpc) is 2.97. The fourth-order valence-corrected chi connectivity index (χ4v) is 3.36. The Kier molecular flexibility index (Phi) is 4.83. The van der Waals surface area contributed by atoms with Crippen molar-refractivity contribution in [2.45, 2.75) is 32.7 Å². The SMILES string of the molecule is CCC(CC)n1ccc2c(Oc3c(Cl)cc(N)cc3Cl)ncnc21. The lowest BCUT2D eigenvalue weighted by molar-refractivity contribution is 0.466. The van der Waals surface area contributed by atoms with Crippen molar-refractivity contribution in [1.82, 2.24) is 14.5 Å². The van der Waals surface area contributed by atoms with Gasteiger partial charge < -0.3 is 15.0 Å². The summed E-state index contributed by atoms with van der Waals surface area (Å²) in [6.07, 6.45) is 5.54. The Labute approximate surface area is 150 Å². The number of fused-ring (bicyclic) bond motifs is 1. The Hall–Kier alpha value is -1.98. The highest BCUT2D eigenvalue weighted by atomic mass is 35.5. The molecular weight excluding hydrogens is 347 g/mol. The molecule has 0 atom stereocenters. The minimum absolute atomic E-state index is 0.336. The van der Waals surface area contributed by atoms with Crippen LogP contribution in [0.25, 0.3) is 11.0 Å². The van der Waals surface area contributed by atoms with Crippen LogP contribution in [0.4, 0.5) is 5.69 Å². The standard InChI is InChI=1S/C17H18Cl2N4O/c1-3-11(4-2)23-6-5-12-16(23)21-9-22-17(12)24-15-13(18)7-10(20)8-14(15)19/h5-9,11H,3-4,20H2,1-2H3. The molecule has 0 fully saturated rings. The molecule has 126 valence electrons. The quantitative estimate of drug-likeness (QED) is 0.609. The summed E-state index contributed by atoms with van der Waals surface area (Å²) >= 11 is 12.4. The molecule has 0 radical (unpaired) electrons. The lowest BCUT2D eigenvalue weighted by Crippen LogP contribution is -2.06. The van der Waals surface area contributed by atoms with Crippen LogP contribution in [-0.2, 0) is 0 Å². The summed E-state index contributed by atoms with van der Waals surface area (Å²) in [6, 6.07) is 5.52. The zero-order valence-electron chi connectivity index (χ0n) is 13.5. The fourth-order valence-electron chi connectivity index (χ4n) is 2.78. The van der Waals surface area contributed by atoms with Crippen molar-refractivity contribution in [1.29, 1.82) is 0 Å². The summed E-state index contributed by atoms with van der Waals surface area (Å²) in [6.45, 7) is 4.32. The summed E-state index contributed by atoms with van der Waals surface area (Å²) in [7, 11) is 0. The zero-order valence-corrected chi connectivity index (χ0v) is 15.0. The first-order chi connectivity index (χ1) is 11.5. The number of nitrogens with two attached hydrogens (primary N) is 1. The maximum absolute atomic E-state index is 6.20. The number of halogens is 2. The molecule has 0 bridgehead atoms. The maximum Gasteiger partial charge on any atom is 0.231 e. The molecule has 0 unspecified atom stereocenters. The van der Waals surface area contributed by atoms with Gasteiger partial charge >= 0.3 is 0 Å². The van der Waals surface area contributed by atoms with Gasteiger partial charge in [-0.25, -0.2) is 9.97 Å².